The first-order chi connectivity index (χ1) is 8.69. The van der Waals surface area contributed by atoms with E-state index < -0.39 is 0 Å². The lowest BCUT2D eigenvalue weighted by Gasteiger charge is -2.01. The highest BCUT2D eigenvalue weighted by Gasteiger charge is 2.21. The van der Waals surface area contributed by atoms with Crippen molar-refractivity contribution in [3.05, 3.63) is 15.6 Å². The van der Waals surface area contributed by atoms with Crippen LogP contribution in [0.1, 0.15) is 49.2 Å². The van der Waals surface area contributed by atoms with Crippen LogP contribution in [0.5, 0.6) is 0 Å². The summed E-state index contributed by atoms with van der Waals surface area (Å²) in [6.45, 7) is 7.79. The maximum Gasteiger partial charge on any atom is 0.103 e. The van der Waals surface area contributed by atoms with Crippen molar-refractivity contribution >= 4 is 23.1 Å². The number of thioether (sulfide) groups is 1. The van der Waals surface area contributed by atoms with Gasteiger partial charge in [0.05, 0.1) is 5.69 Å². The smallest absolute Gasteiger partial charge is 0.103 e. The van der Waals surface area contributed by atoms with Crippen LogP contribution in [0.3, 0.4) is 0 Å². The van der Waals surface area contributed by atoms with Crippen LogP contribution in [-0.4, -0.2) is 16.8 Å². The summed E-state index contributed by atoms with van der Waals surface area (Å²) in [6, 6.07) is 0.788. The van der Waals surface area contributed by atoms with Gasteiger partial charge < -0.3 is 5.32 Å². The zero-order chi connectivity index (χ0) is 13.0. The summed E-state index contributed by atoms with van der Waals surface area (Å²) < 4.78 is 0. The Morgan fingerprint density at radius 2 is 2.22 bits per heavy atom. The van der Waals surface area contributed by atoms with E-state index >= 15 is 0 Å². The Labute approximate surface area is 119 Å². The molecule has 4 heteroatoms. The van der Waals surface area contributed by atoms with Gasteiger partial charge in [-0.2, -0.15) is 11.8 Å². The van der Waals surface area contributed by atoms with Crippen molar-refractivity contribution < 1.29 is 0 Å². The highest BCUT2D eigenvalue weighted by atomic mass is 32.2. The van der Waals surface area contributed by atoms with E-state index in [9.17, 15) is 0 Å². The number of aromatic nitrogens is 1. The fourth-order valence-electron chi connectivity index (χ4n) is 1.82. The number of hydrogen-bond donors (Lipinski definition) is 1. The van der Waals surface area contributed by atoms with E-state index in [1.807, 2.05) is 23.1 Å². The molecule has 0 aromatic carbocycles. The molecule has 102 valence electrons. The maximum absolute atomic E-state index is 4.78. The molecule has 1 heterocycles. The Hall–Kier alpha value is -0.0600. The monoisotopic (exact) mass is 284 g/mol. The van der Waals surface area contributed by atoms with Gasteiger partial charge in [-0.05, 0) is 30.9 Å². The molecule has 0 saturated heterocycles. The summed E-state index contributed by atoms with van der Waals surface area (Å²) in [4.78, 5) is 6.24. The van der Waals surface area contributed by atoms with Gasteiger partial charge >= 0.3 is 0 Å². The molecular weight excluding hydrogens is 260 g/mol. The predicted molar refractivity (Wildman–Crippen MR) is 82.4 cm³/mol. The second-order valence-corrected chi connectivity index (χ2v) is 7.59. The lowest BCUT2D eigenvalue weighted by Crippen LogP contribution is -2.15. The summed E-state index contributed by atoms with van der Waals surface area (Å²) in [6.07, 6.45) is 3.78. The van der Waals surface area contributed by atoms with Gasteiger partial charge in [-0.3, -0.25) is 0 Å². The molecule has 0 radical (unpaired) electrons. The molecule has 2 nitrogen and oxygen atoms in total. The third-order valence-corrected chi connectivity index (χ3v) is 5.62. The largest absolute Gasteiger partial charge is 0.309 e. The molecule has 1 fully saturated rings. The average Bonchev–Trinajstić information content (AvgIpc) is 3.07. The van der Waals surface area contributed by atoms with Crippen molar-refractivity contribution in [3.63, 3.8) is 0 Å². The minimum absolute atomic E-state index is 0.775. The number of nitrogens with one attached hydrogen (secondary N) is 1. The van der Waals surface area contributed by atoms with E-state index in [2.05, 4.69) is 26.1 Å². The number of hydrogen-bond acceptors (Lipinski definition) is 4. The van der Waals surface area contributed by atoms with Gasteiger partial charge in [-0.15, -0.1) is 11.3 Å². The molecule has 0 atom stereocenters. The van der Waals surface area contributed by atoms with Crippen LogP contribution in [0.4, 0.5) is 0 Å². The van der Waals surface area contributed by atoms with E-state index in [0.717, 1.165) is 30.7 Å². The molecule has 1 aromatic rings. The first-order valence-corrected chi connectivity index (χ1v) is 8.94. The van der Waals surface area contributed by atoms with Crippen LogP contribution in [0, 0.1) is 5.92 Å². The molecule has 0 unspecified atom stereocenters. The van der Waals surface area contributed by atoms with Gasteiger partial charge in [0.2, 0.25) is 0 Å². The zero-order valence-corrected chi connectivity index (χ0v) is 13.3. The molecule has 2 rings (SSSR count). The second kappa shape index (κ2) is 6.92. The molecule has 0 spiro atoms. The van der Waals surface area contributed by atoms with Crippen LogP contribution in [0.25, 0.3) is 0 Å². The van der Waals surface area contributed by atoms with E-state index in [-0.39, 0.29) is 0 Å². The van der Waals surface area contributed by atoms with Gasteiger partial charge in [-0.25, -0.2) is 4.98 Å². The second-order valence-electron chi connectivity index (χ2n) is 5.40. The van der Waals surface area contributed by atoms with Gasteiger partial charge in [-0.1, -0.05) is 20.8 Å². The Balaban J connectivity index is 1.85. The van der Waals surface area contributed by atoms with E-state index in [1.165, 1.54) is 34.2 Å². The standard InChI is InChI=1S/C14H24N2S2/c1-4-12-13(7-15-11-5-6-11)18-14(16-12)9-17-8-10(2)3/h10-11,15H,4-9H2,1-3H3. The lowest BCUT2D eigenvalue weighted by molar-refractivity contribution is 0.689. The molecule has 0 aliphatic heterocycles. The number of rotatable bonds is 8. The van der Waals surface area contributed by atoms with Gasteiger partial charge in [0, 0.05) is 23.2 Å². The maximum atomic E-state index is 4.78. The molecule has 18 heavy (non-hydrogen) atoms. The van der Waals surface area contributed by atoms with Crippen molar-refractivity contribution in [3.8, 4) is 0 Å². The Morgan fingerprint density at radius 1 is 1.44 bits per heavy atom. The highest BCUT2D eigenvalue weighted by molar-refractivity contribution is 7.98. The summed E-state index contributed by atoms with van der Waals surface area (Å²) in [5.41, 5.74) is 1.31. The Morgan fingerprint density at radius 3 is 2.83 bits per heavy atom. The molecule has 0 bridgehead atoms. The van der Waals surface area contributed by atoms with E-state index in [0.29, 0.717) is 0 Å². The predicted octanol–water partition coefficient (Wildman–Crippen LogP) is 3.85. The molecule has 1 aliphatic rings. The quantitative estimate of drug-likeness (QED) is 0.785. The number of aryl methyl sites for hydroxylation is 1. The fourth-order valence-corrected chi connectivity index (χ4v) is 4.04. The summed E-state index contributed by atoms with van der Waals surface area (Å²) in [7, 11) is 0. The third-order valence-electron chi connectivity index (χ3n) is 2.96. The van der Waals surface area contributed by atoms with Crippen molar-refractivity contribution in [2.75, 3.05) is 5.75 Å². The van der Waals surface area contributed by atoms with Gasteiger partial charge in [0.25, 0.3) is 0 Å². The first kappa shape index (κ1) is 14.4. The molecule has 1 N–H and O–H groups in total. The molecule has 1 saturated carbocycles. The first-order valence-electron chi connectivity index (χ1n) is 6.97. The third kappa shape index (κ3) is 4.56. The van der Waals surface area contributed by atoms with E-state index in [4.69, 9.17) is 4.98 Å². The zero-order valence-electron chi connectivity index (χ0n) is 11.7. The minimum atomic E-state index is 0.775. The summed E-state index contributed by atoms with van der Waals surface area (Å²) >= 11 is 3.92. The fraction of sp³-hybridized carbons (Fsp3) is 0.786. The van der Waals surface area contributed by atoms with Crippen LogP contribution in [0.15, 0.2) is 0 Å². The van der Waals surface area contributed by atoms with Crippen LogP contribution in [0.2, 0.25) is 0 Å². The van der Waals surface area contributed by atoms with Gasteiger partial charge in [0.1, 0.15) is 5.01 Å². The number of nitrogens with zero attached hydrogens (tertiary/aromatic N) is 1. The van der Waals surface area contributed by atoms with Crippen LogP contribution < -0.4 is 5.32 Å². The Bertz CT molecular complexity index is 370. The summed E-state index contributed by atoms with van der Waals surface area (Å²) in [5.74, 6) is 3.09. The van der Waals surface area contributed by atoms with Crippen molar-refractivity contribution in [1.82, 2.24) is 10.3 Å². The van der Waals surface area contributed by atoms with Gasteiger partial charge in [0.15, 0.2) is 0 Å². The average molecular weight is 284 g/mol. The van der Waals surface area contributed by atoms with Crippen molar-refractivity contribution in [1.29, 1.82) is 0 Å². The lowest BCUT2D eigenvalue weighted by atomic mass is 10.3. The minimum Gasteiger partial charge on any atom is -0.309 e. The molecule has 1 aliphatic carbocycles. The molecular formula is C14H24N2S2. The Kier molecular flexibility index (Phi) is 5.52. The highest BCUT2D eigenvalue weighted by Crippen LogP contribution is 2.26. The van der Waals surface area contributed by atoms with Crippen molar-refractivity contribution in [2.24, 2.45) is 5.92 Å². The normalized spacial score (nSPS) is 15.6. The van der Waals surface area contributed by atoms with Crippen molar-refractivity contribution in [2.45, 2.75) is 58.4 Å². The summed E-state index contributed by atoms with van der Waals surface area (Å²) in [5, 5.41) is 4.91. The van der Waals surface area contributed by atoms with E-state index in [1.54, 1.807) is 0 Å². The molecule has 0 amide bonds. The topological polar surface area (TPSA) is 24.9 Å². The number of thiazole rings is 1. The SMILES string of the molecule is CCc1nc(CSCC(C)C)sc1CNC1CC1. The van der Waals surface area contributed by atoms with Crippen LogP contribution >= 0.6 is 23.1 Å². The molecule has 1 aromatic heterocycles. The van der Waals surface area contributed by atoms with Crippen LogP contribution in [-0.2, 0) is 18.7 Å².